The number of hydrogen-bond acceptors (Lipinski definition) is 4. The van der Waals surface area contributed by atoms with Gasteiger partial charge in [-0.2, -0.15) is 5.10 Å². The Labute approximate surface area is 176 Å². The number of carbonyl (C=O) groups excluding carboxylic acids is 1. The van der Waals surface area contributed by atoms with Gasteiger partial charge in [0, 0.05) is 36.7 Å². The minimum Gasteiger partial charge on any atom is -0.497 e. The van der Waals surface area contributed by atoms with E-state index < -0.39 is 0 Å². The van der Waals surface area contributed by atoms with Gasteiger partial charge in [0.15, 0.2) is 5.65 Å². The summed E-state index contributed by atoms with van der Waals surface area (Å²) in [5.41, 5.74) is 6.81. The number of carbonyl (C=O) groups is 1. The average Bonchev–Trinajstić information content (AvgIpc) is 3.27. The highest BCUT2D eigenvalue weighted by atomic mass is 16.5. The first-order chi connectivity index (χ1) is 14.5. The highest BCUT2D eigenvalue weighted by molar-refractivity contribution is 5.78. The van der Waals surface area contributed by atoms with Crippen LogP contribution in [0.5, 0.6) is 5.75 Å². The first kappa shape index (κ1) is 19.1. The highest BCUT2D eigenvalue weighted by Crippen LogP contribution is 2.43. The molecule has 0 aliphatic carbocycles. The minimum atomic E-state index is 0.148. The molecular formula is C24H28N4O2. The van der Waals surface area contributed by atoms with Crippen molar-refractivity contribution in [1.29, 1.82) is 0 Å². The van der Waals surface area contributed by atoms with Crippen LogP contribution in [-0.2, 0) is 17.6 Å². The largest absolute Gasteiger partial charge is 0.497 e. The summed E-state index contributed by atoms with van der Waals surface area (Å²) in [7, 11) is 1.69. The lowest BCUT2D eigenvalue weighted by Gasteiger charge is -2.36. The molecule has 2 aromatic heterocycles. The molecule has 156 valence electrons. The number of aromatic nitrogens is 3. The Balaban J connectivity index is 1.30. The monoisotopic (exact) mass is 404 g/mol. The zero-order valence-corrected chi connectivity index (χ0v) is 17.9. The molecule has 2 aliphatic rings. The van der Waals surface area contributed by atoms with E-state index in [4.69, 9.17) is 4.74 Å². The maximum Gasteiger partial charge on any atom is 0.223 e. The molecule has 2 atom stereocenters. The van der Waals surface area contributed by atoms with E-state index in [1.54, 1.807) is 7.11 Å². The van der Waals surface area contributed by atoms with Gasteiger partial charge in [-0.25, -0.2) is 9.50 Å². The van der Waals surface area contributed by atoms with Crippen LogP contribution >= 0.6 is 0 Å². The number of ether oxygens (including phenoxy) is 1. The lowest BCUT2D eigenvalue weighted by molar-refractivity contribution is -0.134. The van der Waals surface area contributed by atoms with Gasteiger partial charge in [0.2, 0.25) is 5.91 Å². The number of hydrogen-bond donors (Lipinski definition) is 0. The molecule has 0 unspecified atom stereocenters. The van der Waals surface area contributed by atoms with Gasteiger partial charge in [-0.15, -0.1) is 0 Å². The number of benzene rings is 1. The van der Waals surface area contributed by atoms with Crippen LogP contribution in [0.4, 0.5) is 0 Å². The van der Waals surface area contributed by atoms with Crippen molar-refractivity contribution in [1.82, 2.24) is 19.5 Å². The van der Waals surface area contributed by atoms with E-state index in [1.165, 1.54) is 22.4 Å². The topological polar surface area (TPSA) is 59.7 Å². The van der Waals surface area contributed by atoms with E-state index in [1.807, 2.05) is 29.8 Å². The molecule has 4 heterocycles. The van der Waals surface area contributed by atoms with Crippen LogP contribution in [0.2, 0.25) is 0 Å². The Morgan fingerprint density at radius 1 is 1.23 bits per heavy atom. The molecule has 1 aromatic carbocycles. The highest BCUT2D eigenvalue weighted by Gasteiger charge is 2.43. The molecular weight excluding hydrogens is 376 g/mol. The summed E-state index contributed by atoms with van der Waals surface area (Å²) in [4.78, 5) is 19.9. The second-order valence-electron chi connectivity index (χ2n) is 8.61. The van der Waals surface area contributed by atoms with Crippen molar-refractivity contribution >= 4 is 11.6 Å². The van der Waals surface area contributed by atoms with E-state index in [-0.39, 0.29) is 18.0 Å². The van der Waals surface area contributed by atoms with Crippen molar-refractivity contribution in [2.24, 2.45) is 0 Å². The predicted molar refractivity (Wildman–Crippen MR) is 115 cm³/mol. The first-order valence-electron chi connectivity index (χ1n) is 10.8. The molecule has 2 bridgehead atoms. The Morgan fingerprint density at radius 3 is 2.90 bits per heavy atom. The summed E-state index contributed by atoms with van der Waals surface area (Å²) in [6, 6.07) is 8.62. The van der Waals surface area contributed by atoms with Gasteiger partial charge >= 0.3 is 0 Å². The molecule has 1 fully saturated rings. The Morgan fingerprint density at radius 2 is 2.10 bits per heavy atom. The molecule has 0 saturated carbocycles. The zero-order valence-electron chi connectivity index (χ0n) is 17.9. The summed E-state index contributed by atoms with van der Waals surface area (Å²) in [6.07, 6.45) is 7.29. The fraction of sp³-hybridized carbons (Fsp3) is 0.458. The average molecular weight is 405 g/mol. The summed E-state index contributed by atoms with van der Waals surface area (Å²) in [5, 5.41) is 4.64. The second kappa shape index (κ2) is 7.42. The Kier molecular flexibility index (Phi) is 4.72. The van der Waals surface area contributed by atoms with Crippen molar-refractivity contribution in [3.63, 3.8) is 0 Å². The Hall–Kier alpha value is -2.89. The van der Waals surface area contributed by atoms with Gasteiger partial charge in [-0.3, -0.25) is 4.79 Å². The van der Waals surface area contributed by atoms with Gasteiger partial charge in [0.1, 0.15) is 5.75 Å². The van der Waals surface area contributed by atoms with Gasteiger partial charge in [0.25, 0.3) is 0 Å². The molecule has 3 aromatic rings. The third-order valence-electron chi connectivity index (χ3n) is 6.70. The predicted octanol–water partition coefficient (Wildman–Crippen LogP) is 3.97. The number of amides is 1. The maximum absolute atomic E-state index is 13.2. The number of fused-ring (bicyclic) bond motifs is 6. The smallest absolute Gasteiger partial charge is 0.223 e. The summed E-state index contributed by atoms with van der Waals surface area (Å²) in [5.74, 6) is 1.15. The van der Waals surface area contributed by atoms with Gasteiger partial charge in [0.05, 0.1) is 24.5 Å². The molecule has 6 nitrogen and oxygen atoms in total. The van der Waals surface area contributed by atoms with Crippen LogP contribution in [0.1, 0.15) is 59.8 Å². The molecule has 2 aliphatic heterocycles. The fourth-order valence-corrected chi connectivity index (χ4v) is 5.22. The van der Waals surface area contributed by atoms with Gasteiger partial charge < -0.3 is 9.64 Å². The van der Waals surface area contributed by atoms with Gasteiger partial charge in [-0.05, 0) is 62.8 Å². The third-order valence-corrected chi connectivity index (χ3v) is 6.70. The molecule has 1 saturated heterocycles. The fourth-order valence-electron chi connectivity index (χ4n) is 5.22. The van der Waals surface area contributed by atoms with Crippen LogP contribution in [0.3, 0.4) is 0 Å². The molecule has 0 radical (unpaired) electrons. The summed E-state index contributed by atoms with van der Waals surface area (Å²) >= 11 is 0. The summed E-state index contributed by atoms with van der Waals surface area (Å²) in [6.45, 7) is 4.10. The van der Waals surface area contributed by atoms with E-state index in [0.29, 0.717) is 6.42 Å². The minimum absolute atomic E-state index is 0.148. The second-order valence-corrected chi connectivity index (χ2v) is 8.61. The number of aryl methyl sites for hydroxylation is 3. The number of methoxy groups -OCH3 is 1. The van der Waals surface area contributed by atoms with Crippen LogP contribution in [0, 0.1) is 13.8 Å². The van der Waals surface area contributed by atoms with Gasteiger partial charge in [-0.1, -0.05) is 6.07 Å². The number of rotatable bonds is 5. The van der Waals surface area contributed by atoms with E-state index in [0.717, 1.165) is 49.2 Å². The van der Waals surface area contributed by atoms with Crippen LogP contribution in [0.25, 0.3) is 5.65 Å². The van der Waals surface area contributed by atoms with Crippen molar-refractivity contribution in [2.45, 2.75) is 64.5 Å². The van der Waals surface area contributed by atoms with E-state index in [2.05, 4.69) is 34.0 Å². The quantitative estimate of drug-likeness (QED) is 0.646. The standard InChI is InChI=1S/C24H28N4O2/c1-15-11-19(30-3)9-7-17(15)5-4-6-24(29)27-18-8-10-21(27)20-14-25-23-12-16(2)26-28(23)22(20)13-18/h7,9,11-12,14,18,21H,4-6,8,10,13H2,1-3H3/t18-,21+/m0/s1. The van der Waals surface area contributed by atoms with Crippen LogP contribution < -0.4 is 4.74 Å². The van der Waals surface area contributed by atoms with Crippen LogP contribution in [-0.4, -0.2) is 38.6 Å². The lowest BCUT2D eigenvalue weighted by Crippen LogP contribution is -2.42. The normalized spacial score (nSPS) is 19.9. The number of nitrogens with zero attached hydrogens (tertiary/aromatic N) is 4. The van der Waals surface area contributed by atoms with Crippen molar-refractivity contribution in [3.8, 4) is 5.75 Å². The van der Waals surface area contributed by atoms with E-state index in [9.17, 15) is 4.79 Å². The zero-order chi connectivity index (χ0) is 20.8. The SMILES string of the molecule is COc1ccc(CCCC(=O)N2[C@H]3CC[C@@H]2c2cnc4cc(C)nn4c2C3)c(C)c1. The van der Waals surface area contributed by atoms with Crippen molar-refractivity contribution in [3.05, 3.63) is 58.5 Å². The lowest BCUT2D eigenvalue weighted by atomic mass is 9.97. The van der Waals surface area contributed by atoms with E-state index >= 15 is 0 Å². The maximum atomic E-state index is 13.2. The van der Waals surface area contributed by atoms with Crippen LogP contribution in [0.15, 0.2) is 30.5 Å². The van der Waals surface area contributed by atoms with Crippen molar-refractivity contribution in [2.75, 3.05) is 7.11 Å². The molecule has 0 N–H and O–H groups in total. The molecule has 30 heavy (non-hydrogen) atoms. The molecule has 0 spiro atoms. The molecule has 5 rings (SSSR count). The Bertz CT molecular complexity index is 1120. The third kappa shape index (κ3) is 3.15. The van der Waals surface area contributed by atoms with Crippen molar-refractivity contribution < 1.29 is 9.53 Å². The summed E-state index contributed by atoms with van der Waals surface area (Å²) < 4.78 is 7.28. The molecule has 6 heteroatoms. The first-order valence-corrected chi connectivity index (χ1v) is 10.8. The molecule has 1 amide bonds.